The summed E-state index contributed by atoms with van der Waals surface area (Å²) in [6.07, 6.45) is 3.12. The van der Waals surface area contributed by atoms with Gasteiger partial charge in [0.1, 0.15) is 5.82 Å². The average molecular weight is 611 g/mol. The highest BCUT2D eigenvalue weighted by atomic mass is 79.9. The van der Waals surface area contributed by atoms with Crippen LogP contribution in [0.15, 0.2) is 100 Å². The molecule has 0 radical (unpaired) electrons. The largest absolute Gasteiger partial charge is 0.370 e. The molecule has 194 valence electrons. The lowest BCUT2D eigenvalue weighted by molar-refractivity contribution is 0.577. The van der Waals surface area contributed by atoms with Crippen LogP contribution in [0.3, 0.4) is 0 Å². The first-order valence-electron chi connectivity index (χ1n) is 12.1. The Morgan fingerprint density at radius 1 is 0.868 bits per heavy atom. The third kappa shape index (κ3) is 5.91. The fraction of sp³-hybridized carbons (Fsp3) is 0.143. The SMILES string of the molecule is O=S(=O)(NCCCCNc1cc(-c2ccccc2Cl)nc2c(Br)cnn12)c1ccc(-c2ccccc2)cc1. The lowest BCUT2D eigenvalue weighted by Gasteiger charge is -2.12. The molecule has 0 aliphatic carbocycles. The molecule has 0 amide bonds. The fourth-order valence-electron chi connectivity index (χ4n) is 4.08. The lowest BCUT2D eigenvalue weighted by atomic mass is 10.1. The molecule has 5 aromatic rings. The molecule has 0 aliphatic rings. The Hall–Kier alpha value is -3.24. The van der Waals surface area contributed by atoms with Gasteiger partial charge in [0.05, 0.1) is 21.3 Å². The Kier molecular flexibility index (Phi) is 8.09. The van der Waals surface area contributed by atoms with Crippen molar-refractivity contribution >= 4 is 49.0 Å². The van der Waals surface area contributed by atoms with Crippen molar-refractivity contribution in [2.75, 3.05) is 18.4 Å². The van der Waals surface area contributed by atoms with Crippen LogP contribution in [0, 0.1) is 0 Å². The van der Waals surface area contributed by atoms with Crippen molar-refractivity contribution in [3.8, 4) is 22.4 Å². The van der Waals surface area contributed by atoms with Gasteiger partial charge in [0.25, 0.3) is 0 Å². The van der Waals surface area contributed by atoms with E-state index in [0.29, 0.717) is 30.2 Å². The molecule has 7 nitrogen and oxygen atoms in total. The highest BCUT2D eigenvalue weighted by Crippen LogP contribution is 2.30. The van der Waals surface area contributed by atoms with Gasteiger partial charge in [0, 0.05) is 29.7 Å². The predicted molar refractivity (Wildman–Crippen MR) is 156 cm³/mol. The van der Waals surface area contributed by atoms with Crippen LogP contribution in [0.1, 0.15) is 12.8 Å². The Morgan fingerprint density at radius 2 is 1.55 bits per heavy atom. The monoisotopic (exact) mass is 609 g/mol. The van der Waals surface area contributed by atoms with Crippen molar-refractivity contribution in [1.82, 2.24) is 19.3 Å². The van der Waals surface area contributed by atoms with Crippen molar-refractivity contribution in [3.05, 3.63) is 101 Å². The number of nitrogens with zero attached hydrogens (tertiary/aromatic N) is 3. The number of halogens is 2. The normalized spacial score (nSPS) is 11.6. The summed E-state index contributed by atoms with van der Waals surface area (Å²) in [6.45, 7) is 0.973. The van der Waals surface area contributed by atoms with E-state index in [1.807, 2.05) is 72.8 Å². The summed E-state index contributed by atoms with van der Waals surface area (Å²) in [6, 6.07) is 26.3. The number of rotatable bonds is 10. The maximum Gasteiger partial charge on any atom is 0.240 e. The Morgan fingerprint density at radius 3 is 2.32 bits per heavy atom. The minimum atomic E-state index is -3.58. The van der Waals surface area contributed by atoms with E-state index in [9.17, 15) is 8.42 Å². The van der Waals surface area contributed by atoms with Crippen LogP contribution in [0.4, 0.5) is 5.82 Å². The van der Waals surface area contributed by atoms with Gasteiger partial charge in [0.15, 0.2) is 5.65 Å². The molecule has 0 saturated carbocycles. The minimum absolute atomic E-state index is 0.255. The summed E-state index contributed by atoms with van der Waals surface area (Å²) in [5, 5.41) is 8.42. The molecule has 2 N–H and O–H groups in total. The third-order valence-electron chi connectivity index (χ3n) is 6.05. The fourth-order valence-corrected chi connectivity index (χ4v) is 5.74. The van der Waals surface area contributed by atoms with Gasteiger partial charge >= 0.3 is 0 Å². The minimum Gasteiger partial charge on any atom is -0.370 e. The second-order valence-electron chi connectivity index (χ2n) is 8.66. The summed E-state index contributed by atoms with van der Waals surface area (Å²) in [5.74, 6) is 0.773. The van der Waals surface area contributed by atoms with Crippen LogP contribution in [0.5, 0.6) is 0 Å². The highest BCUT2D eigenvalue weighted by molar-refractivity contribution is 9.10. The van der Waals surface area contributed by atoms with E-state index >= 15 is 0 Å². The summed E-state index contributed by atoms with van der Waals surface area (Å²) in [4.78, 5) is 4.97. The zero-order chi connectivity index (χ0) is 26.5. The van der Waals surface area contributed by atoms with E-state index in [4.69, 9.17) is 16.6 Å². The first kappa shape index (κ1) is 26.4. The number of anilines is 1. The molecule has 2 aromatic heterocycles. The van der Waals surface area contributed by atoms with Gasteiger partial charge in [-0.3, -0.25) is 0 Å². The first-order chi connectivity index (χ1) is 18.4. The van der Waals surface area contributed by atoms with E-state index < -0.39 is 10.0 Å². The molecule has 5 rings (SSSR count). The predicted octanol–water partition coefficient (Wildman–Crippen LogP) is 6.65. The maximum atomic E-state index is 12.7. The van der Waals surface area contributed by atoms with Crippen molar-refractivity contribution in [2.24, 2.45) is 0 Å². The zero-order valence-electron chi connectivity index (χ0n) is 20.3. The van der Waals surface area contributed by atoms with Gasteiger partial charge in [-0.15, -0.1) is 0 Å². The number of unbranched alkanes of at least 4 members (excludes halogenated alkanes) is 1. The van der Waals surface area contributed by atoms with Gasteiger partial charge in [-0.05, 0) is 58.1 Å². The van der Waals surface area contributed by atoms with Crippen LogP contribution in [0.25, 0.3) is 28.0 Å². The van der Waals surface area contributed by atoms with Crippen LogP contribution in [0.2, 0.25) is 5.02 Å². The quantitative estimate of drug-likeness (QED) is 0.173. The second-order valence-corrected chi connectivity index (χ2v) is 11.7. The third-order valence-corrected chi connectivity index (χ3v) is 8.42. The molecule has 0 saturated heterocycles. The standard InChI is InChI=1S/C28H25BrClN5O2S/c29-24-19-32-35-27(18-26(34-28(24)35)23-10-4-5-11-25(23)30)31-16-6-7-17-33-38(36,37)22-14-12-21(13-15-22)20-8-2-1-3-9-20/h1-5,8-15,18-19,31,33H,6-7,16-17H2. The second kappa shape index (κ2) is 11.7. The molecule has 3 aromatic carbocycles. The zero-order valence-corrected chi connectivity index (χ0v) is 23.5. The molecular weight excluding hydrogens is 586 g/mol. The molecule has 0 aliphatic heterocycles. The van der Waals surface area contributed by atoms with Crippen LogP contribution >= 0.6 is 27.5 Å². The maximum absolute atomic E-state index is 12.7. The van der Waals surface area contributed by atoms with E-state index in [1.54, 1.807) is 22.8 Å². The highest BCUT2D eigenvalue weighted by Gasteiger charge is 2.15. The number of benzene rings is 3. The first-order valence-corrected chi connectivity index (χ1v) is 14.8. The van der Waals surface area contributed by atoms with Crippen molar-refractivity contribution in [3.63, 3.8) is 0 Å². The Bertz CT molecular complexity index is 1660. The summed E-state index contributed by atoms with van der Waals surface area (Å²) >= 11 is 9.91. The number of nitrogens with one attached hydrogen (secondary N) is 2. The van der Waals surface area contributed by atoms with Crippen molar-refractivity contribution in [1.29, 1.82) is 0 Å². The molecule has 0 fully saturated rings. The number of aromatic nitrogens is 3. The summed E-state index contributed by atoms with van der Waals surface area (Å²) in [7, 11) is -3.58. The molecule has 0 atom stereocenters. The molecule has 10 heteroatoms. The van der Waals surface area contributed by atoms with Crippen LogP contribution in [-0.2, 0) is 10.0 Å². The van der Waals surface area contributed by atoms with E-state index in [-0.39, 0.29) is 4.90 Å². The van der Waals surface area contributed by atoms with Crippen molar-refractivity contribution in [2.45, 2.75) is 17.7 Å². The topological polar surface area (TPSA) is 88.4 Å². The van der Waals surface area contributed by atoms with Gasteiger partial charge in [0.2, 0.25) is 10.0 Å². The molecule has 0 unspecified atom stereocenters. The number of sulfonamides is 1. The van der Waals surface area contributed by atoms with E-state index in [2.05, 4.69) is 31.1 Å². The van der Waals surface area contributed by atoms with E-state index in [1.165, 1.54) is 0 Å². The number of hydrogen-bond acceptors (Lipinski definition) is 5. The number of fused-ring (bicyclic) bond motifs is 1. The molecule has 0 bridgehead atoms. The molecule has 38 heavy (non-hydrogen) atoms. The molecular formula is C28H25BrClN5O2S. The van der Waals surface area contributed by atoms with Gasteiger partial charge < -0.3 is 5.32 Å². The van der Waals surface area contributed by atoms with E-state index in [0.717, 1.165) is 39.1 Å². The van der Waals surface area contributed by atoms with Gasteiger partial charge in [-0.2, -0.15) is 9.61 Å². The number of hydrogen-bond donors (Lipinski definition) is 2. The summed E-state index contributed by atoms with van der Waals surface area (Å²) < 4.78 is 30.7. The Balaban J connectivity index is 1.17. The Labute approximate surface area is 235 Å². The van der Waals surface area contributed by atoms with Crippen LogP contribution in [-0.4, -0.2) is 36.1 Å². The van der Waals surface area contributed by atoms with Gasteiger partial charge in [-0.1, -0.05) is 72.3 Å². The summed E-state index contributed by atoms with van der Waals surface area (Å²) in [5.41, 5.74) is 4.26. The lowest BCUT2D eigenvalue weighted by Crippen LogP contribution is -2.25. The smallest absolute Gasteiger partial charge is 0.240 e. The molecule has 0 spiro atoms. The van der Waals surface area contributed by atoms with Crippen molar-refractivity contribution < 1.29 is 8.42 Å². The molecule has 2 heterocycles. The van der Waals surface area contributed by atoms with Crippen LogP contribution < -0.4 is 10.0 Å². The van der Waals surface area contributed by atoms with Gasteiger partial charge in [-0.25, -0.2) is 18.1 Å². The average Bonchev–Trinajstić information content (AvgIpc) is 3.32.